The van der Waals surface area contributed by atoms with Gasteiger partial charge < -0.3 is 15.0 Å². The zero-order valence-electron chi connectivity index (χ0n) is 23.7. The monoisotopic (exact) mass is 631 g/mol. The highest BCUT2D eigenvalue weighted by atomic mass is 32.2. The molecule has 11 heteroatoms. The first-order valence-corrected chi connectivity index (χ1v) is 17.1. The first-order chi connectivity index (χ1) is 21.1. The van der Waals surface area contributed by atoms with Crippen LogP contribution in [0.2, 0.25) is 0 Å². The third-order valence-electron chi connectivity index (χ3n) is 7.45. The predicted molar refractivity (Wildman–Crippen MR) is 175 cm³/mol. The fraction of sp³-hybridized carbons (Fsp3) is 0.312. The fourth-order valence-electron chi connectivity index (χ4n) is 5.25. The number of nitrogens with zero attached hydrogens (tertiary/aromatic N) is 3. The number of ketones is 1. The number of Topliss-reactive ketones (excluding diaryl/α,β-unsaturated/α-hetero) is 1. The molecule has 43 heavy (non-hydrogen) atoms. The molecule has 3 heterocycles. The molecule has 2 aromatic carbocycles. The summed E-state index contributed by atoms with van der Waals surface area (Å²) in [7, 11) is 0. The molecule has 1 aliphatic carbocycles. The number of urea groups is 1. The number of ether oxygens (including phenoxy) is 1. The van der Waals surface area contributed by atoms with Gasteiger partial charge in [-0.25, -0.2) is 14.8 Å². The molecular weight excluding hydrogens is 599 g/mol. The summed E-state index contributed by atoms with van der Waals surface area (Å²) in [6.45, 7) is 2.87. The molecule has 0 atom stereocenters. The number of anilines is 3. The number of aromatic nitrogens is 2. The van der Waals surface area contributed by atoms with Crippen LogP contribution in [-0.4, -0.2) is 48.1 Å². The molecule has 0 radical (unpaired) electrons. The van der Waals surface area contributed by atoms with E-state index in [-0.39, 0.29) is 11.7 Å². The van der Waals surface area contributed by atoms with E-state index in [0.29, 0.717) is 35.3 Å². The average molecular weight is 632 g/mol. The molecule has 1 aliphatic heterocycles. The maximum atomic E-state index is 13.6. The molecule has 2 aromatic heterocycles. The van der Waals surface area contributed by atoms with Gasteiger partial charge in [0.05, 0.1) is 28.8 Å². The number of thioether (sulfide) groups is 1. The van der Waals surface area contributed by atoms with E-state index in [1.54, 1.807) is 18.0 Å². The van der Waals surface area contributed by atoms with Gasteiger partial charge in [0.1, 0.15) is 5.03 Å². The number of thiazole rings is 1. The predicted octanol–water partition coefficient (Wildman–Crippen LogP) is 7.84. The molecule has 2 amide bonds. The lowest BCUT2D eigenvalue weighted by molar-refractivity contribution is 0.0923. The van der Waals surface area contributed by atoms with Gasteiger partial charge in [-0.05, 0) is 55.3 Å². The van der Waals surface area contributed by atoms with E-state index in [2.05, 4.69) is 32.7 Å². The van der Waals surface area contributed by atoms with Crippen molar-refractivity contribution >= 4 is 63.2 Å². The second kappa shape index (κ2) is 14.4. The van der Waals surface area contributed by atoms with Gasteiger partial charge in [0, 0.05) is 47.1 Å². The summed E-state index contributed by atoms with van der Waals surface area (Å²) in [5.74, 6) is 0.756. The van der Waals surface area contributed by atoms with E-state index in [0.717, 1.165) is 64.3 Å². The van der Waals surface area contributed by atoms with Gasteiger partial charge in [-0.15, -0.1) is 11.8 Å². The van der Waals surface area contributed by atoms with E-state index in [4.69, 9.17) is 9.72 Å². The van der Waals surface area contributed by atoms with Crippen LogP contribution in [0.3, 0.4) is 0 Å². The zero-order chi connectivity index (χ0) is 29.4. The van der Waals surface area contributed by atoms with E-state index >= 15 is 0 Å². The molecule has 6 rings (SSSR count). The molecule has 2 fully saturated rings. The number of rotatable bonds is 10. The summed E-state index contributed by atoms with van der Waals surface area (Å²) < 4.78 is 6.49. The van der Waals surface area contributed by atoms with Crippen LogP contribution in [-0.2, 0) is 10.5 Å². The highest BCUT2D eigenvalue weighted by Gasteiger charge is 2.27. The smallest absolute Gasteiger partial charge is 0.325 e. The standard InChI is InChI=1S/C32H33N5O3S3/c38-29(22-8-4-5-9-22)25-20-23(37-16-18-40-19-17-37)13-14-26(25)34-31(39)36-32-35-27(21-41-24-10-2-1-3-11-24)30(43-32)42-28-12-6-7-15-33-28/h1-3,6-7,10-15,20,22H,4-5,8-9,16-19,21H2,(H2,34,35,36,39). The van der Waals surface area contributed by atoms with Crippen molar-refractivity contribution in [2.45, 2.75) is 45.6 Å². The van der Waals surface area contributed by atoms with Crippen LogP contribution < -0.4 is 15.5 Å². The summed E-state index contributed by atoms with van der Waals surface area (Å²) in [4.78, 5) is 39.5. The average Bonchev–Trinajstić information content (AvgIpc) is 3.72. The Balaban J connectivity index is 1.20. The maximum Gasteiger partial charge on any atom is 0.325 e. The minimum atomic E-state index is -0.426. The Hall–Kier alpha value is -3.38. The number of carbonyl (C=O) groups excluding carboxylic acids is 2. The van der Waals surface area contributed by atoms with Gasteiger partial charge >= 0.3 is 6.03 Å². The fourth-order valence-corrected chi connectivity index (χ4v) is 8.36. The van der Waals surface area contributed by atoms with Crippen LogP contribution in [0.25, 0.3) is 0 Å². The van der Waals surface area contributed by atoms with Crippen molar-refractivity contribution in [3.63, 3.8) is 0 Å². The van der Waals surface area contributed by atoms with Gasteiger partial charge in [-0.2, -0.15) is 0 Å². The van der Waals surface area contributed by atoms with Gasteiger partial charge in [0.15, 0.2) is 10.9 Å². The number of benzene rings is 2. The Labute approximate surface area is 264 Å². The van der Waals surface area contributed by atoms with E-state index < -0.39 is 6.03 Å². The number of hydrogen-bond acceptors (Lipinski definition) is 9. The maximum absolute atomic E-state index is 13.6. The summed E-state index contributed by atoms with van der Waals surface area (Å²) in [6.07, 6.45) is 5.69. The van der Waals surface area contributed by atoms with Crippen molar-refractivity contribution in [3.8, 4) is 0 Å². The van der Waals surface area contributed by atoms with Crippen LogP contribution in [0.4, 0.5) is 21.3 Å². The van der Waals surface area contributed by atoms with E-state index in [1.165, 1.54) is 23.1 Å². The Morgan fingerprint density at radius 1 is 0.977 bits per heavy atom. The summed E-state index contributed by atoms with van der Waals surface area (Å²) in [6, 6.07) is 21.3. The summed E-state index contributed by atoms with van der Waals surface area (Å²) in [5, 5.41) is 7.24. The van der Waals surface area contributed by atoms with Crippen molar-refractivity contribution in [2.75, 3.05) is 41.8 Å². The zero-order valence-corrected chi connectivity index (χ0v) is 26.1. The second-order valence-corrected chi connectivity index (χ2v) is 13.7. The third-order valence-corrected chi connectivity index (χ3v) is 10.7. The number of amides is 2. The minimum Gasteiger partial charge on any atom is -0.378 e. The number of morpholine rings is 1. The van der Waals surface area contributed by atoms with Gasteiger partial charge in [-0.3, -0.25) is 10.1 Å². The highest BCUT2D eigenvalue weighted by molar-refractivity contribution is 8.01. The lowest BCUT2D eigenvalue weighted by Crippen LogP contribution is -2.36. The molecule has 0 unspecified atom stereocenters. The Morgan fingerprint density at radius 3 is 2.53 bits per heavy atom. The van der Waals surface area contributed by atoms with Crippen molar-refractivity contribution in [3.05, 3.63) is 84.2 Å². The van der Waals surface area contributed by atoms with Gasteiger partial charge in [0.2, 0.25) is 0 Å². The van der Waals surface area contributed by atoms with Crippen molar-refractivity contribution in [1.82, 2.24) is 9.97 Å². The Kier molecular flexibility index (Phi) is 9.94. The molecule has 4 aromatic rings. The molecular formula is C32H33N5O3S3. The topological polar surface area (TPSA) is 96.4 Å². The van der Waals surface area contributed by atoms with Crippen molar-refractivity contribution < 1.29 is 14.3 Å². The van der Waals surface area contributed by atoms with Crippen LogP contribution >= 0.6 is 34.9 Å². The van der Waals surface area contributed by atoms with Crippen LogP contribution in [0.1, 0.15) is 41.7 Å². The van der Waals surface area contributed by atoms with Crippen molar-refractivity contribution in [1.29, 1.82) is 0 Å². The quantitative estimate of drug-likeness (QED) is 0.135. The van der Waals surface area contributed by atoms with E-state index in [1.807, 2.05) is 54.6 Å². The van der Waals surface area contributed by atoms with Crippen LogP contribution in [0.15, 0.2) is 87.1 Å². The van der Waals surface area contributed by atoms with E-state index in [9.17, 15) is 9.59 Å². The molecule has 0 bridgehead atoms. The van der Waals surface area contributed by atoms with Crippen molar-refractivity contribution in [2.24, 2.45) is 5.92 Å². The molecule has 2 aliphatic rings. The second-order valence-electron chi connectivity index (χ2n) is 10.4. The Morgan fingerprint density at radius 2 is 1.77 bits per heavy atom. The lowest BCUT2D eigenvalue weighted by atomic mass is 9.94. The number of carbonyl (C=O) groups is 2. The summed E-state index contributed by atoms with van der Waals surface area (Å²) in [5.41, 5.74) is 2.95. The lowest BCUT2D eigenvalue weighted by Gasteiger charge is -2.29. The minimum absolute atomic E-state index is 0.00151. The first kappa shape index (κ1) is 29.7. The molecule has 1 saturated heterocycles. The SMILES string of the molecule is O=C(Nc1nc(CSc2ccccc2)c(Sc2ccccn2)s1)Nc1ccc(N2CCOCC2)cc1C(=O)C1CCCC1. The molecule has 8 nitrogen and oxygen atoms in total. The summed E-state index contributed by atoms with van der Waals surface area (Å²) >= 11 is 4.66. The van der Waals surface area contributed by atoms with Gasteiger partial charge in [-0.1, -0.05) is 60.2 Å². The van der Waals surface area contributed by atoms with Crippen LogP contribution in [0, 0.1) is 5.92 Å². The first-order valence-electron chi connectivity index (χ1n) is 14.5. The molecule has 1 saturated carbocycles. The third kappa shape index (κ3) is 7.77. The molecule has 2 N–H and O–H groups in total. The Bertz CT molecular complexity index is 1540. The highest BCUT2D eigenvalue weighted by Crippen LogP contribution is 2.39. The number of hydrogen-bond donors (Lipinski definition) is 2. The molecule has 222 valence electrons. The van der Waals surface area contributed by atoms with Gasteiger partial charge in [0.25, 0.3) is 0 Å². The van der Waals surface area contributed by atoms with Crippen LogP contribution in [0.5, 0.6) is 0 Å². The largest absolute Gasteiger partial charge is 0.378 e. The number of nitrogens with one attached hydrogen (secondary N) is 2. The molecule has 0 spiro atoms. The number of pyridine rings is 1. The normalized spacial score (nSPS) is 15.4.